The summed E-state index contributed by atoms with van der Waals surface area (Å²) >= 11 is 0. The number of aromatic amines is 1. The first-order valence-corrected chi connectivity index (χ1v) is 14.9. The van der Waals surface area contributed by atoms with Gasteiger partial charge in [-0.2, -0.15) is 0 Å². The number of fused-ring (bicyclic) bond motifs is 2. The average Bonchev–Trinajstić information content (AvgIpc) is 3.53. The lowest BCUT2D eigenvalue weighted by atomic mass is 10.0. The van der Waals surface area contributed by atoms with Gasteiger partial charge < -0.3 is 9.72 Å². The molecule has 0 bridgehead atoms. The van der Waals surface area contributed by atoms with E-state index in [0.717, 1.165) is 48.7 Å². The minimum atomic E-state index is -3.36. The van der Waals surface area contributed by atoms with Crippen LogP contribution in [-0.4, -0.2) is 44.2 Å². The van der Waals surface area contributed by atoms with Gasteiger partial charge in [-0.3, -0.25) is 9.62 Å². The highest BCUT2D eigenvalue weighted by Gasteiger charge is 2.28. The Morgan fingerprint density at radius 1 is 1.13 bits per heavy atom. The van der Waals surface area contributed by atoms with Crippen molar-refractivity contribution in [3.8, 4) is 0 Å². The van der Waals surface area contributed by atoms with Crippen LogP contribution >= 0.6 is 0 Å². The third-order valence-electron chi connectivity index (χ3n) is 7.23. The van der Waals surface area contributed by atoms with Gasteiger partial charge in [-0.15, -0.1) is 0 Å². The molecule has 0 saturated carbocycles. The summed E-state index contributed by atoms with van der Waals surface area (Å²) in [4.78, 5) is 17.4. The van der Waals surface area contributed by atoms with E-state index in [1.807, 2.05) is 30.3 Å². The van der Waals surface area contributed by atoms with E-state index in [1.165, 1.54) is 35.3 Å². The monoisotopic (exact) mass is 543 g/mol. The normalized spacial score (nSPS) is 15.2. The molecule has 0 spiro atoms. The van der Waals surface area contributed by atoms with Crippen molar-refractivity contribution in [3.05, 3.63) is 107 Å². The quantitative estimate of drug-likeness (QED) is 0.205. The molecular formula is C31H33N3O4S. The summed E-state index contributed by atoms with van der Waals surface area (Å²) in [5.74, 6) is -0.371. The number of benzene rings is 3. The first-order valence-electron chi connectivity index (χ1n) is 13.0. The molecule has 0 amide bonds. The summed E-state index contributed by atoms with van der Waals surface area (Å²) in [6, 6.07) is 22.6. The molecule has 1 unspecified atom stereocenters. The number of rotatable bonds is 10. The molecule has 8 heteroatoms. The summed E-state index contributed by atoms with van der Waals surface area (Å²) in [7, 11) is -1.98. The highest BCUT2D eigenvalue weighted by atomic mass is 32.2. The number of carbonyl (C=O) groups excluding carboxylic acids is 1. The van der Waals surface area contributed by atoms with Crippen molar-refractivity contribution in [1.29, 1.82) is 0 Å². The number of hydrogen-bond donors (Lipinski definition) is 2. The molecule has 2 N–H and O–H groups in total. The number of hydrogen-bond acceptors (Lipinski definition) is 5. The van der Waals surface area contributed by atoms with Crippen molar-refractivity contribution in [2.75, 3.05) is 24.6 Å². The Bertz CT molecular complexity index is 1620. The van der Waals surface area contributed by atoms with E-state index in [-0.39, 0.29) is 12.0 Å². The second-order valence-electron chi connectivity index (χ2n) is 10.0. The van der Waals surface area contributed by atoms with Crippen LogP contribution in [0.15, 0.2) is 79.0 Å². The number of esters is 1. The Morgan fingerprint density at radius 3 is 2.79 bits per heavy atom. The number of aryl methyl sites for hydroxylation is 1. The van der Waals surface area contributed by atoms with Crippen LogP contribution in [0.2, 0.25) is 0 Å². The van der Waals surface area contributed by atoms with Gasteiger partial charge in [0.25, 0.3) is 0 Å². The largest absolute Gasteiger partial charge is 0.466 e. The third kappa shape index (κ3) is 6.58. The van der Waals surface area contributed by atoms with E-state index in [4.69, 9.17) is 4.74 Å². The van der Waals surface area contributed by atoms with E-state index in [1.54, 1.807) is 12.1 Å². The molecule has 0 saturated heterocycles. The topological polar surface area (TPSA) is 91.5 Å². The Hall–Kier alpha value is -3.88. The Balaban J connectivity index is 1.41. The van der Waals surface area contributed by atoms with Crippen molar-refractivity contribution in [1.82, 2.24) is 9.88 Å². The number of nitrogens with one attached hydrogen (secondary N) is 2. The first kappa shape index (κ1) is 26.7. The minimum absolute atomic E-state index is 0.232. The van der Waals surface area contributed by atoms with E-state index in [9.17, 15) is 13.2 Å². The van der Waals surface area contributed by atoms with Gasteiger partial charge in [-0.05, 0) is 71.4 Å². The molecule has 202 valence electrons. The summed E-state index contributed by atoms with van der Waals surface area (Å²) in [6.45, 7) is 1.54. The Kier molecular flexibility index (Phi) is 7.86. The number of aromatic nitrogens is 1. The zero-order chi connectivity index (χ0) is 27.4. The molecule has 1 aromatic heterocycles. The second kappa shape index (κ2) is 11.5. The van der Waals surface area contributed by atoms with Crippen LogP contribution in [0.4, 0.5) is 5.69 Å². The van der Waals surface area contributed by atoms with Crippen LogP contribution in [0.25, 0.3) is 17.0 Å². The number of nitrogens with zero attached hydrogens (tertiary/aromatic N) is 1. The van der Waals surface area contributed by atoms with Gasteiger partial charge >= 0.3 is 5.97 Å². The maximum absolute atomic E-state index is 11.8. The average molecular weight is 544 g/mol. The smallest absolute Gasteiger partial charge is 0.330 e. The number of H-pyrrole nitrogens is 1. The van der Waals surface area contributed by atoms with Crippen molar-refractivity contribution in [2.45, 2.75) is 31.8 Å². The van der Waals surface area contributed by atoms with Crippen LogP contribution in [0, 0.1) is 0 Å². The van der Waals surface area contributed by atoms with Gasteiger partial charge in [0.15, 0.2) is 0 Å². The molecule has 7 nitrogen and oxygen atoms in total. The SMILES string of the molecule is COC(=O)/C=C/c1ccc2c(c1)CCC2N(CCc1c[nH]c2ccccc12)Cc1cccc(NS(C)(=O)=O)c1. The first-order chi connectivity index (χ1) is 18.8. The number of carbonyl (C=O) groups is 1. The fourth-order valence-corrected chi connectivity index (χ4v) is 6.01. The van der Waals surface area contributed by atoms with Gasteiger partial charge in [0.2, 0.25) is 10.0 Å². The molecule has 1 atom stereocenters. The highest BCUT2D eigenvalue weighted by Crippen LogP contribution is 2.38. The lowest BCUT2D eigenvalue weighted by Gasteiger charge is -2.30. The maximum atomic E-state index is 11.8. The summed E-state index contributed by atoms with van der Waals surface area (Å²) in [5.41, 5.74) is 7.60. The zero-order valence-corrected chi connectivity index (χ0v) is 23.0. The number of para-hydroxylation sites is 1. The lowest BCUT2D eigenvalue weighted by molar-refractivity contribution is -0.134. The van der Waals surface area contributed by atoms with Crippen LogP contribution in [-0.2, 0) is 38.9 Å². The number of ether oxygens (including phenoxy) is 1. The number of methoxy groups -OCH3 is 1. The van der Waals surface area contributed by atoms with Gasteiger partial charge in [0, 0.05) is 48.0 Å². The molecule has 1 heterocycles. The molecule has 0 radical (unpaired) electrons. The Labute approximate surface area is 229 Å². The van der Waals surface area contributed by atoms with Crippen LogP contribution in [0.3, 0.4) is 0 Å². The number of anilines is 1. The Morgan fingerprint density at radius 2 is 1.97 bits per heavy atom. The molecule has 39 heavy (non-hydrogen) atoms. The third-order valence-corrected chi connectivity index (χ3v) is 7.83. The van der Waals surface area contributed by atoms with E-state index >= 15 is 0 Å². The van der Waals surface area contributed by atoms with Gasteiger partial charge in [0.1, 0.15) is 0 Å². The van der Waals surface area contributed by atoms with E-state index < -0.39 is 10.0 Å². The number of sulfonamides is 1. The van der Waals surface area contributed by atoms with Gasteiger partial charge in [-0.25, -0.2) is 13.2 Å². The minimum Gasteiger partial charge on any atom is -0.466 e. The molecule has 1 aliphatic rings. The predicted molar refractivity (Wildman–Crippen MR) is 156 cm³/mol. The summed E-state index contributed by atoms with van der Waals surface area (Å²) in [6.07, 6.45) is 9.33. The van der Waals surface area contributed by atoms with Crippen LogP contribution < -0.4 is 4.72 Å². The summed E-state index contributed by atoms with van der Waals surface area (Å²) in [5, 5.41) is 1.24. The molecule has 0 fully saturated rings. The van der Waals surface area contributed by atoms with Gasteiger partial charge in [0.05, 0.1) is 13.4 Å². The van der Waals surface area contributed by atoms with Crippen molar-refractivity contribution in [3.63, 3.8) is 0 Å². The van der Waals surface area contributed by atoms with Crippen molar-refractivity contribution in [2.24, 2.45) is 0 Å². The molecular weight excluding hydrogens is 510 g/mol. The van der Waals surface area contributed by atoms with Gasteiger partial charge in [-0.1, -0.05) is 48.5 Å². The van der Waals surface area contributed by atoms with E-state index in [2.05, 4.69) is 51.1 Å². The lowest BCUT2D eigenvalue weighted by Crippen LogP contribution is -2.29. The molecule has 3 aromatic carbocycles. The predicted octanol–water partition coefficient (Wildman–Crippen LogP) is 5.46. The standard InChI is InChI=1S/C31H33N3O4S/c1-38-31(35)15-11-22-10-13-28-24(18-22)12-14-30(28)34(17-16-25-20-32-29-9-4-3-8-27(25)29)21-23-6-5-7-26(19-23)33-39(2,36)37/h3-11,13,15,18-20,30,32-33H,12,14,16-17,21H2,1-2H3/b15-11+. The molecule has 1 aliphatic carbocycles. The molecule has 0 aliphatic heterocycles. The molecule has 5 rings (SSSR count). The van der Waals surface area contributed by atoms with Crippen LogP contribution in [0.5, 0.6) is 0 Å². The van der Waals surface area contributed by atoms with E-state index in [0.29, 0.717) is 12.2 Å². The fraction of sp³-hybridized carbons (Fsp3) is 0.258. The maximum Gasteiger partial charge on any atom is 0.330 e. The van der Waals surface area contributed by atoms with Crippen molar-refractivity contribution >= 4 is 38.7 Å². The molecule has 4 aromatic rings. The second-order valence-corrected chi connectivity index (χ2v) is 11.8. The fourth-order valence-electron chi connectivity index (χ4n) is 5.46. The van der Waals surface area contributed by atoms with Crippen LogP contribution in [0.1, 0.15) is 40.3 Å². The summed E-state index contributed by atoms with van der Waals surface area (Å²) < 4.78 is 30.9. The zero-order valence-electron chi connectivity index (χ0n) is 22.2. The highest BCUT2D eigenvalue weighted by molar-refractivity contribution is 7.92. The van der Waals surface area contributed by atoms with Crippen molar-refractivity contribution < 1.29 is 17.9 Å².